The molecule has 0 fully saturated rings. The van der Waals surface area contributed by atoms with E-state index in [0.717, 1.165) is 0 Å². The zero-order chi connectivity index (χ0) is 18.3. The molecule has 0 heterocycles. The lowest BCUT2D eigenvalue weighted by atomic mass is 10.0. The molecule has 26 heavy (non-hydrogen) atoms. The van der Waals surface area contributed by atoms with Gasteiger partial charge < -0.3 is 5.32 Å². The third-order valence-electron chi connectivity index (χ3n) is 5.53. The fourth-order valence-corrected chi connectivity index (χ4v) is 3.73. The lowest BCUT2D eigenvalue weighted by molar-refractivity contribution is 0.519. The molecule has 0 aliphatic carbocycles. The summed E-state index contributed by atoms with van der Waals surface area (Å²) in [6.45, 7) is 3.49. The lowest BCUT2D eigenvalue weighted by Crippen LogP contribution is -2.06. The Kier molecular flexibility index (Phi) is 30.1. The van der Waals surface area contributed by atoms with Crippen molar-refractivity contribution in [1.82, 2.24) is 5.32 Å². The van der Waals surface area contributed by atoms with Crippen molar-refractivity contribution in [2.75, 3.05) is 13.6 Å². The Morgan fingerprint density at radius 3 is 0.846 bits per heavy atom. The van der Waals surface area contributed by atoms with E-state index in [2.05, 4.69) is 19.3 Å². The van der Waals surface area contributed by atoms with E-state index in [-0.39, 0.29) is 12.4 Å². The molecular formula is C24H52ClN. The second-order valence-electron chi connectivity index (χ2n) is 8.17. The van der Waals surface area contributed by atoms with E-state index in [0.29, 0.717) is 0 Å². The molecule has 0 amide bonds. The van der Waals surface area contributed by atoms with Crippen LogP contribution in [0.15, 0.2) is 0 Å². The quantitative estimate of drug-likeness (QED) is 0.182. The molecule has 0 saturated carbocycles. The van der Waals surface area contributed by atoms with Gasteiger partial charge in [-0.15, -0.1) is 12.4 Å². The fourth-order valence-electron chi connectivity index (χ4n) is 3.73. The van der Waals surface area contributed by atoms with Crippen molar-refractivity contribution < 1.29 is 0 Å². The summed E-state index contributed by atoms with van der Waals surface area (Å²) in [5.74, 6) is 0. The average molecular weight is 390 g/mol. The van der Waals surface area contributed by atoms with Crippen molar-refractivity contribution in [2.45, 2.75) is 142 Å². The molecule has 0 saturated heterocycles. The van der Waals surface area contributed by atoms with Gasteiger partial charge in [-0.25, -0.2) is 0 Å². The number of hydrogen-bond donors (Lipinski definition) is 1. The van der Waals surface area contributed by atoms with Crippen molar-refractivity contribution in [3.8, 4) is 0 Å². The Labute approximate surface area is 173 Å². The van der Waals surface area contributed by atoms with Crippen LogP contribution in [0.1, 0.15) is 142 Å². The number of halogens is 1. The predicted molar refractivity (Wildman–Crippen MR) is 124 cm³/mol. The number of unbranched alkanes of at least 4 members (excludes halogenated alkanes) is 20. The second-order valence-corrected chi connectivity index (χ2v) is 8.17. The maximum absolute atomic E-state index is 3.23. The predicted octanol–water partition coefficient (Wildman–Crippen LogP) is 8.84. The molecule has 0 rings (SSSR count). The summed E-state index contributed by atoms with van der Waals surface area (Å²) in [6, 6.07) is 0. The zero-order valence-corrected chi connectivity index (χ0v) is 19.3. The summed E-state index contributed by atoms with van der Waals surface area (Å²) < 4.78 is 0. The van der Waals surface area contributed by atoms with Crippen LogP contribution in [0, 0.1) is 0 Å². The topological polar surface area (TPSA) is 12.0 Å². The first-order valence-electron chi connectivity index (χ1n) is 12.1. The Hall–Kier alpha value is 0.250. The van der Waals surface area contributed by atoms with Gasteiger partial charge in [0.15, 0.2) is 0 Å². The summed E-state index contributed by atoms with van der Waals surface area (Å²) in [5.41, 5.74) is 0. The Morgan fingerprint density at radius 2 is 0.615 bits per heavy atom. The summed E-state index contributed by atoms with van der Waals surface area (Å²) in [7, 11) is 2.05. The van der Waals surface area contributed by atoms with Gasteiger partial charge in [-0.3, -0.25) is 0 Å². The summed E-state index contributed by atoms with van der Waals surface area (Å²) in [4.78, 5) is 0. The summed E-state index contributed by atoms with van der Waals surface area (Å²) >= 11 is 0. The highest BCUT2D eigenvalue weighted by Crippen LogP contribution is 2.14. The molecule has 1 N–H and O–H groups in total. The van der Waals surface area contributed by atoms with Gasteiger partial charge >= 0.3 is 0 Å². The van der Waals surface area contributed by atoms with Crippen LogP contribution >= 0.6 is 12.4 Å². The van der Waals surface area contributed by atoms with Crippen LogP contribution in [0.2, 0.25) is 0 Å². The normalized spacial score (nSPS) is 10.8. The smallest absolute Gasteiger partial charge is 0.00519 e. The van der Waals surface area contributed by atoms with Crippen LogP contribution in [0.5, 0.6) is 0 Å². The molecule has 0 aliphatic heterocycles. The molecule has 1 nitrogen and oxygen atoms in total. The van der Waals surface area contributed by atoms with Gasteiger partial charge in [0.05, 0.1) is 0 Å². The Morgan fingerprint density at radius 1 is 0.385 bits per heavy atom. The van der Waals surface area contributed by atoms with Gasteiger partial charge in [-0.2, -0.15) is 0 Å². The molecule has 0 bridgehead atoms. The highest BCUT2D eigenvalue weighted by molar-refractivity contribution is 5.85. The second kappa shape index (κ2) is 27.5. The first-order valence-corrected chi connectivity index (χ1v) is 12.1. The molecule has 0 aromatic rings. The third-order valence-corrected chi connectivity index (χ3v) is 5.53. The van der Waals surface area contributed by atoms with Crippen LogP contribution in [-0.2, 0) is 0 Å². The van der Waals surface area contributed by atoms with Crippen LogP contribution < -0.4 is 5.32 Å². The maximum Gasteiger partial charge on any atom is -0.00519 e. The van der Waals surface area contributed by atoms with E-state index in [1.165, 1.54) is 141 Å². The van der Waals surface area contributed by atoms with Gasteiger partial charge in [0, 0.05) is 0 Å². The molecule has 0 aromatic carbocycles. The van der Waals surface area contributed by atoms with E-state index in [1.807, 2.05) is 0 Å². The molecule has 0 atom stereocenters. The minimum Gasteiger partial charge on any atom is -0.320 e. The first-order chi connectivity index (χ1) is 12.4. The van der Waals surface area contributed by atoms with E-state index >= 15 is 0 Å². The van der Waals surface area contributed by atoms with Crippen LogP contribution in [0.25, 0.3) is 0 Å². The monoisotopic (exact) mass is 389 g/mol. The summed E-state index contributed by atoms with van der Waals surface area (Å²) in [5, 5.41) is 3.23. The van der Waals surface area contributed by atoms with Crippen molar-refractivity contribution in [1.29, 1.82) is 0 Å². The van der Waals surface area contributed by atoms with Gasteiger partial charge in [0.1, 0.15) is 0 Å². The Balaban J connectivity index is 0. The minimum atomic E-state index is 0. The molecule has 0 aliphatic rings. The minimum absolute atomic E-state index is 0. The van der Waals surface area contributed by atoms with Crippen molar-refractivity contribution >= 4 is 12.4 Å². The number of hydrogen-bond acceptors (Lipinski definition) is 1. The van der Waals surface area contributed by atoms with E-state index in [4.69, 9.17) is 0 Å². The van der Waals surface area contributed by atoms with E-state index in [9.17, 15) is 0 Å². The molecule has 0 aromatic heterocycles. The third kappa shape index (κ3) is 26.5. The van der Waals surface area contributed by atoms with Gasteiger partial charge in [0.2, 0.25) is 0 Å². The van der Waals surface area contributed by atoms with Crippen molar-refractivity contribution in [3.63, 3.8) is 0 Å². The molecule has 0 spiro atoms. The molecule has 0 unspecified atom stereocenters. The largest absolute Gasteiger partial charge is 0.320 e. The highest BCUT2D eigenvalue weighted by Gasteiger charge is 1.95. The first kappa shape index (κ1) is 28.5. The number of rotatable bonds is 22. The summed E-state index contributed by atoms with van der Waals surface area (Å²) in [6.07, 6.45) is 30.7. The highest BCUT2D eigenvalue weighted by atomic mass is 35.5. The molecule has 160 valence electrons. The SMILES string of the molecule is CCCCCCCCCCCCCCCCCCCCCCCNC.Cl. The number of nitrogens with one attached hydrogen (secondary N) is 1. The molecular weight excluding hydrogens is 338 g/mol. The van der Waals surface area contributed by atoms with Gasteiger partial charge in [0.25, 0.3) is 0 Å². The Bertz CT molecular complexity index is 198. The van der Waals surface area contributed by atoms with Gasteiger partial charge in [-0.05, 0) is 20.0 Å². The van der Waals surface area contributed by atoms with E-state index < -0.39 is 0 Å². The maximum atomic E-state index is 3.23. The average Bonchev–Trinajstić information content (AvgIpc) is 2.63. The molecule has 0 radical (unpaired) electrons. The standard InChI is InChI=1S/C24H51N.ClH/c1-3-4-5-6-7-8-9-10-11-12-13-14-15-16-17-18-19-20-21-22-23-24-25-2;/h25H,3-24H2,1-2H3;1H. The molecule has 2 heteroatoms. The van der Waals surface area contributed by atoms with Crippen LogP contribution in [0.3, 0.4) is 0 Å². The fraction of sp³-hybridized carbons (Fsp3) is 1.00. The zero-order valence-electron chi connectivity index (χ0n) is 18.5. The van der Waals surface area contributed by atoms with Crippen molar-refractivity contribution in [3.05, 3.63) is 0 Å². The van der Waals surface area contributed by atoms with Crippen LogP contribution in [0.4, 0.5) is 0 Å². The van der Waals surface area contributed by atoms with E-state index in [1.54, 1.807) is 0 Å². The lowest BCUT2D eigenvalue weighted by Gasteiger charge is -2.04. The van der Waals surface area contributed by atoms with Gasteiger partial charge in [-0.1, -0.05) is 135 Å². The van der Waals surface area contributed by atoms with Crippen LogP contribution in [-0.4, -0.2) is 13.6 Å². The van der Waals surface area contributed by atoms with Crippen molar-refractivity contribution in [2.24, 2.45) is 0 Å².